The number of hydrogen-bond acceptors (Lipinski definition) is 4. The number of benzene rings is 3. The molecule has 0 amide bonds. The zero-order chi connectivity index (χ0) is 23.3. The number of fused-ring (bicyclic) bond motifs is 1. The number of carbonyl (C=O) groups excluding carboxylic acids is 1. The van der Waals surface area contributed by atoms with Crippen LogP contribution in [0.3, 0.4) is 0 Å². The van der Waals surface area contributed by atoms with E-state index in [0.29, 0.717) is 29.4 Å². The Morgan fingerprint density at radius 1 is 0.971 bits per heavy atom. The molecule has 0 unspecified atom stereocenters. The zero-order valence-electron chi connectivity index (χ0n) is 18.7. The second-order valence-electron chi connectivity index (χ2n) is 8.32. The van der Waals surface area contributed by atoms with Crippen LogP contribution in [0.4, 0.5) is 0 Å². The lowest BCUT2D eigenvalue weighted by molar-refractivity contribution is 0.0971. The van der Waals surface area contributed by atoms with E-state index >= 15 is 0 Å². The third kappa shape index (κ3) is 4.85. The molecule has 6 heteroatoms. The number of hydrogen-bond donors (Lipinski definition) is 1. The van der Waals surface area contributed by atoms with Crippen LogP contribution in [0.25, 0.3) is 0 Å². The Labute approximate surface area is 203 Å². The van der Waals surface area contributed by atoms with Gasteiger partial charge in [-0.1, -0.05) is 54.1 Å². The van der Waals surface area contributed by atoms with Gasteiger partial charge in [0.05, 0.1) is 5.02 Å². The minimum atomic E-state index is -0.260. The first kappa shape index (κ1) is 22.2. The molecule has 0 fully saturated rings. The molecule has 1 aromatic heterocycles. The fourth-order valence-corrected chi connectivity index (χ4v) is 4.58. The molecule has 34 heavy (non-hydrogen) atoms. The summed E-state index contributed by atoms with van der Waals surface area (Å²) in [5.74, 6) is 2.32. The summed E-state index contributed by atoms with van der Waals surface area (Å²) >= 11 is 6.32. The second kappa shape index (κ2) is 10.1. The van der Waals surface area contributed by atoms with Crippen molar-refractivity contribution in [2.75, 3.05) is 0 Å². The molecule has 0 aliphatic heterocycles. The molecule has 172 valence electrons. The van der Waals surface area contributed by atoms with Crippen LogP contribution in [0, 0.1) is 0 Å². The normalized spacial score (nSPS) is 13.9. The van der Waals surface area contributed by atoms with Gasteiger partial charge >= 0.3 is 0 Å². The molecule has 1 heterocycles. The van der Waals surface area contributed by atoms with E-state index in [1.165, 1.54) is 0 Å². The van der Waals surface area contributed by atoms with E-state index < -0.39 is 0 Å². The van der Waals surface area contributed by atoms with Gasteiger partial charge < -0.3 is 14.5 Å². The quantitative estimate of drug-likeness (QED) is 0.317. The molecular formula is C28H25ClN2O3. The Bertz CT molecular complexity index is 1270. The van der Waals surface area contributed by atoms with Crippen molar-refractivity contribution in [3.05, 3.63) is 112 Å². The van der Waals surface area contributed by atoms with Gasteiger partial charge in [-0.2, -0.15) is 0 Å². The van der Waals surface area contributed by atoms with Crippen molar-refractivity contribution < 1.29 is 14.3 Å². The summed E-state index contributed by atoms with van der Waals surface area (Å²) in [5, 5.41) is 0.547. The average molecular weight is 473 g/mol. The fourth-order valence-electron chi connectivity index (χ4n) is 4.39. The lowest BCUT2D eigenvalue weighted by Crippen LogP contribution is -2.18. The number of para-hydroxylation sites is 1. The van der Waals surface area contributed by atoms with Crippen LogP contribution in [0.15, 0.2) is 79.1 Å². The number of H-pyrrole nitrogens is 1. The van der Waals surface area contributed by atoms with Gasteiger partial charge in [-0.05, 0) is 48.2 Å². The Balaban J connectivity index is 1.51. The molecule has 1 aliphatic rings. The van der Waals surface area contributed by atoms with Gasteiger partial charge in [0.15, 0.2) is 5.78 Å². The Hall–Kier alpha value is -3.57. The van der Waals surface area contributed by atoms with Gasteiger partial charge in [0.1, 0.15) is 30.0 Å². The number of aromatic nitrogens is 2. The summed E-state index contributed by atoms with van der Waals surface area (Å²) in [6, 6.07) is 21.3. The number of halogens is 1. The van der Waals surface area contributed by atoms with Gasteiger partial charge in [0.2, 0.25) is 0 Å². The number of ether oxygens (including phenoxy) is 2. The van der Waals surface area contributed by atoms with Gasteiger partial charge in [0.25, 0.3) is 0 Å². The minimum Gasteiger partial charge on any atom is -0.487 e. The van der Waals surface area contributed by atoms with Gasteiger partial charge in [-0.3, -0.25) is 4.79 Å². The number of Topliss-reactive ketones (excluding diaryl/α,β-unsaturated/α-hetero) is 1. The summed E-state index contributed by atoms with van der Waals surface area (Å²) in [6.07, 6.45) is 6.08. The van der Waals surface area contributed by atoms with Crippen LogP contribution < -0.4 is 9.47 Å². The standard InChI is InChI=1S/C28H25ClN2O3/c29-23-10-4-5-12-26(23)33-18-22-20-9-6-11-24(32)21(20)13-14-25(22)34-27(17-28-30-15-16-31-28)19-7-2-1-3-8-19/h1-5,7-8,10,12-16,27H,6,9,11,17-18H2,(H,30,31)/t27-/m0/s1. The van der Waals surface area contributed by atoms with Crippen molar-refractivity contribution >= 4 is 17.4 Å². The molecule has 1 N–H and O–H groups in total. The number of aromatic amines is 1. The van der Waals surface area contributed by atoms with Crippen molar-refractivity contribution in [3.63, 3.8) is 0 Å². The highest BCUT2D eigenvalue weighted by atomic mass is 35.5. The number of nitrogens with zero attached hydrogens (tertiary/aromatic N) is 1. The first-order valence-electron chi connectivity index (χ1n) is 11.4. The van der Waals surface area contributed by atoms with Gasteiger partial charge in [0, 0.05) is 36.4 Å². The number of rotatable bonds is 8. The predicted octanol–water partition coefficient (Wildman–Crippen LogP) is 6.52. The van der Waals surface area contributed by atoms with Crippen molar-refractivity contribution in [1.82, 2.24) is 9.97 Å². The lowest BCUT2D eigenvalue weighted by Gasteiger charge is -2.25. The Kier molecular flexibility index (Phi) is 6.63. The third-order valence-electron chi connectivity index (χ3n) is 6.10. The van der Waals surface area contributed by atoms with E-state index in [9.17, 15) is 4.79 Å². The summed E-state index contributed by atoms with van der Waals surface area (Å²) in [4.78, 5) is 20.2. The van der Waals surface area contributed by atoms with Crippen LogP contribution in [-0.2, 0) is 19.4 Å². The summed E-state index contributed by atoms with van der Waals surface area (Å²) in [7, 11) is 0. The maximum absolute atomic E-state index is 12.6. The van der Waals surface area contributed by atoms with Crippen molar-refractivity contribution in [2.24, 2.45) is 0 Å². The molecule has 0 spiro atoms. The lowest BCUT2D eigenvalue weighted by atomic mass is 9.87. The van der Waals surface area contributed by atoms with Gasteiger partial charge in [-0.15, -0.1) is 0 Å². The van der Waals surface area contributed by atoms with Crippen LogP contribution in [0.5, 0.6) is 11.5 Å². The number of nitrogens with one attached hydrogen (secondary N) is 1. The Morgan fingerprint density at radius 2 is 1.79 bits per heavy atom. The zero-order valence-corrected chi connectivity index (χ0v) is 19.4. The first-order chi connectivity index (χ1) is 16.7. The van der Waals surface area contributed by atoms with Crippen LogP contribution in [-0.4, -0.2) is 15.8 Å². The topological polar surface area (TPSA) is 64.2 Å². The van der Waals surface area contributed by atoms with Crippen molar-refractivity contribution in [2.45, 2.75) is 38.4 Å². The Morgan fingerprint density at radius 3 is 2.59 bits per heavy atom. The first-order valence-corrected chi connectivity index (χ1v) is 11.8. The summed E-state index contributed by atoms with van der Waals surface area (Å²) < 4.78 is 12.8. The summed E-state index contributed by atoms with van der Waals surface area (Å²) in [5.41, 5.74) is 3.71. The highest BCUT2D eigenvalue weighted by molar-refractivity contribution is 6.32. The molecular weight excluding hydrogens is 448 g/mol. The average Bonchev–Trinajstić information content (AvgIpc) is 3.38. The van der Waals surface area contributed by atoms with Crippen molar-refractivity contribution in [3.8, 4) is 11.5 Å². The molecule has 0 radical (unpaired) electrons. The van der Waals surface area contributed by atoms with Crippen LogP contribution in [0.2, 0.25) is 5.02 Å². The SMILES string of the molecule is O=C1CCCc2c1ccc(O[C@@H](Cc1ncc[nH]1)c1ccccc1)c2COc1ccccc1Cl. The highest BCUT2D eigenvalue weighted by Crippen LogP contribution is 2.36. The predicted molar refractivity (Wildman–Crippen MR) is 132 cm³/mol. The molecule has 3 aromatic carbocycles. The molecule has 1 atom stereocenters. The fraction of sp³-hybridized carbons (Fsp3) is 0.214. The number of ketones is 1. The van der Waals surface area contributed by atoms with E-state index in [1.807, 2.05) is 54.7 Å². The smallest absolute Gasteiger partial charge is 0.163 e. The van der Waals surface area contributed by atoms with E-state index in [1.54, 1.807) is 12.3 Å². The summed E-state index contributed by atoms with van der Waals surface area (Å²) in [6.45, 7) is 0.262. The third-order valence-corrected chi connectivity index (χ3v) is 6.41. The molecule has 4 aromatic rings. The van der Waals surface area contributed by atoms with E-state index in [0.717, 1.165) is 40.9 Å². The van der Waals surface area contributed by atoms with Crippen LogP contribution in [0.1, 0.15) is 51.8 Å². The molecule has 5 nitrogen and oxygen atoms in total. The van der Waals surface area contributed by atoms with E-state index in [-0.39, 0.29) is 18.5 Å². The number of imidazole rings is 1. The molecule has 0 saturated carbocycles. The highest BCUT2D eigenvalue weighted by Gasteiger charge is 2.25. The monoisotopic (exact) mass is 472 g/mol. The van der Waals surface area contributed by atoms with Crippen LogP contribution >= 0.6 is 11.6 Å². The molecule has 0 saturated heterocycles. The van der Waals surface area contributed by atoms with E-state index in [4.69, 9.17) is 21.1 Å². The minimum absolute atomic E-state index is 0.169. The molecule has 5 rings (SSSR count). The molecule has 1 aliphatic carbocycles. The van der Waals surface area contributed by atoms with E-state index in [2.05, 4.69) is 22.1 Å². The largest absolute Gasteiger partial charge is 0.487 e. The maximum Gasteiger partial charge on any atom is 0.163 e. The number of carbonyl (C=O) groups is 1. The maximum atomic E-state index is 12.6. The van der Waals surface area contributed by atoms with Gasteiger partial charge in [-0.25, -0.2) is 4.98 Å². The second-order valence-corrected chi connectivity index (χ2v) is 8.73. The molecule has 0 bridgehead atoms. The van der Waals surface area contributed by atoms with Crippen molar-refractivity contribution in [1.29, 1.82) is 0 Å².